The van der Waals surface area contributed by atoms with Gasteiger partial charge in [-0.15, -0.1) is 0 Å². The number of hydrogen-bond donors (Lipinski definition) is 2. The van der Waals surface area contributed by atoms with Crippen molar-refractivity contribution in [3.05, 3.63) is 48.0 Å². The van der Waals surface area contributed by atoms with Crippen LogP contribution in [-0.2, 0) is 16.6 Å². The minimum atomic E-state index is -0.703. The molecule has 0 radical (unpaired) electrons. The second-order valence-corrected chi connectivity index (χ2v) is 6.59. The maximum absolute atomic E-state index is 13.5. The average molecular weight is 360 g/mol. The molecule has 8 heteroatoms. The van der Waals surface area contributed by atoms with Gasteiger partial charge in [0.15, 0.2) is 0 Å². The molecule has 2 amide bonds. The first-order valence-electron chi connectivity index (χ1n) is 7.90. The zero-order chi connectivity index (χ0) is 19.3. The van der Waals surface area contributed by atoms with E-state index >= 15 is 0 Å². The number of carbonyl (C=O) groups is 2. The Labute approximate surface area is 150 Å². The smallest absolute Gasteiger partial charge is 0.412 e. The number of amides is 2. The molecule has 0 fully saturated rings. The molecule has 0 aliphatic heterocycles. The number of hydrogen-bond acceptors (Lipinski definition) is 4. The predicted molar refractivity (Wildman–Crippen MR) is 97.1 cm³/mol. The summed E-state index contributed by atoms with van der Waals surface area (Å²) in [6, 6.07) is 3.63. The van der Waals surface area contributed by atoms with Crippen molar-refractivity contribution in [2.24, 2.45) is 7.05 Å². The third-order valence-electron chi connectivity index (χ3n) is 3.03. The van der Waals surface area contributed by atoms with E-state index in [-0.39, 0.29) is 11.4 Å². The molecule has 0 spiro atoms. The molecule has 0 bridgehead atoms. The van der Waals surface area contributed by atoms with Crippen LogP contribution >= 0.6 is 0 Å². The summed E-state index contributed by atoms with van der Waals surface area (Å²) in [4.78, 5) is 24.0. The highest BCUT2D eigenvalue weighted by Gasteiger charge is 2.17. The van der Waals surface area contributed by atoms with Crippen molar-refractivity contribution in [2.45, 2.75) is 26.4 Å². The van der Waals surface area contributed by atoms with Gasteiger partial charge in [0, 0.05) is 24.9 Å². The molecule has 0 saturated heterocycles. The van der Waals surface area contributed by atoms with E-state index in [4.69, 9.17) is 4.74 Å². The predicted octanol–water partition coefficient (Wildman–Crippen LogP) is 3.56. The van der Waals surface area contributed by atoms with Gasteiger partial charge in [0.1, 0.15) is 11.4 Å². The zero-order valence-corrected chi connectivity index (χ0v) is 15.0. The van der Waals surface area contributed by atoms with Crippen LogP contribution in [0.5, 0.6) is 0 Å². The van der Waals surface area contributed by atoms with Crippen LogP contribution in [0.3, 0.4) is 0 Å². The molecule has 0 unspecified atom stereocenters. The Morgan fingerprint density at radius 1 is 1.23 bits per heavy atom. The van der Waals surface area contributed by atoms with Gasteiger partial charge in [0.2, 0.25) is 5.91 Å². The van der Waals surface area contributed by atoms with Crippen molar-refractivity contribution in [3.8, 4) is 0 Å². The Kier molecular flexibility index (Phi) is 5.76. The van der Waals surface area contributed by atoms with Crippen LogP contribution in [0.4, 0.5) is 20.6 Å². The van der Waals surface area contributed by atoms with Crippen LogP contribution < -0.4 is 10.6 Å². The van der Waals surface area contributed by atoms with E-state index in [1.165, 1.54) is 18.2 Å². The molecule has 0 atom stereocenters. The highest BCUT2D eigenvalue weighted by Crippen LogP contribution is 2.24. The fourth-order valence-electron chi connectivity index (χ4n) is 2.01. The summed E-state index contributed by atoms with van der Waals surface area (Å²) < 4.78 is 20.3. The normalized spacial score (nSPS) is 11.4. The Bertz CT molecular complexity index is 837. The lowest BCUT2D eigenvalue weighted by atomic mass is 10.2. The molecule has 1 aromatic carbocycles. The molecule has 0 aliphatic rings. The summed E-state index contributed by atoms with van der Waals surface area (Å²) in [5, 5.41) is 9.02. The number of aromatic nitrogens is 2. The van der Waals surface area contributed by atoms with Crippen LogP contribution in [0, 0.1) is 5.82 Å². The maximum Gasteiger partial charge on any atom is 0.412 e. The lowest BCUT2D eigenvalue weighted by molar-refractivity contribution is -0.111. The van der Waals surface area contributed by atoms with Gasteiger partial charge < -0.3 is 10.1 Å². The Morgan fingerprint density at radius 2 is 1.96 bits per heavy atom. The molecular formula is C18H21FN4O3. The first-order valence-corrected chi connectivity index (χ1v) is 7.90. The Morgan fingerprint density at radius 3 is 2.58 bits per heavy atom. The molecule has 1 heterocycles. The quantitative estimate of drug-likeness (QED) is 0.817. The van der Waals surface area contributed by atoms with Crippen molar-refractivity contribution < 1.29 is 18.7 Å². The molecule has 138 valence electrons. The molecule has 26 heavy (non-hydrogen) atoms. The second-order valence-electron chi connectivity index (χ2n) is 6.59. The number of nitrogens with one attached hydrogen (secondary N) is 2. The van der Waals surface area contributed by atoms with Crippen LogP contribution in [0.2, 0.25) is 0 Å². The van der Waals surface area contributed by atoms with Crippen molar-refractivity contribution in [1.29, 1.82) is 0 Å². The van der Waals surface area contributed by atoms with Gasteiger partial charge in [-0.3, -0.25) is 14.8 Å². The Hall–Kier alpha value is -3.16. The minimum absolute atomic E-state index is 0.122. The fraction of sp³-hybridized carbons (Fsp3) is 0.278. The van der Waals surface area contributed by atoms with Gasteiger partial charge >= 0.3 is 6.09 Å². The van der Waals surface area contributed by atoms with Gasteiger partial charge in [-0.25, -0.2) is 9.18 Å². The number of halogens is 1. The monoisotopic (exact) mass is 360 g/mol. The summed E-state index contributed by atoms with van der Waals surface area (Å²) in [6.45, 7) is 5.18. The molecule has 0 saturated carbocycles. The third kappa shape index (κ3) is 6.04. The van der Waals surface area contributed by atoms with Crippen LogP contribution in [-0.4, -0.2) is 27.4 Å². The molecule has 2 N–H and O–H groups in total. The van der Waals surface area contributed by atoms with Gasteiger partial charge in [-0.1, -0.05) is 0 Å². The highest BCUT2D eigenvalue weighted by molar-refractivity contribution is 6.04. The number of anilines is 2. The summed E-state index contributed by atoms with van der Waals surface area (Å²) in [5.74, 6) is -1.03. The summed E-state index contributed by atoms with van der Waals surface area (Å²) in [7, 11) is 1.76. The number of benzene rings is 1. The topological polar surface area (TPSA) is 85.2 Å². The maximum atomic E-state index is 13.5. The first-order chi connectivity index (χ1) is 12.1. The number of carbonyl (C=O) groups excluding carboxylic acids is 2. The SMILES string of the molecule is Cn1cc(/C=C/C(=O)Nc2cc(F)ccc2NC(=O)OC(C)(C)C)cn1. The van der Waals surface area contributed by atoms with E-state index in [9.17, 15) is 14.0 Å². The summed E-state index contributed by atoms with van der Waals surface area (Å²) in [5.41, 5.74) is 0.412. The van der Waals surface area contributed by atoms with Crippen molar-refractivity contribution in [1.82, 2.24) is 9.78 Å². The van der Waals surface area contributed by atoms with Gasteiger partial charge in [0.05, 0.1) is 17.6 Å². The first kappa shape index (κ1) is 19.2. The summed E-state index contributed by atoms with van der Waals surface area (Å²) in [6.07, 6.45) is 5.50. The van der Waals surface area contributed by atoms with Crippen molar-refractivity contribution >= 4 is 29.5 Å². The van der Waals surface area contributed by atoms with E-state index in [2.05, 4.69) is 15.7 Å². The fourth-order valence-corrected chi connectivity index (χ4v) is 2.01. The third-order valence-corrected chi connectivity index (χ3v) is 3.03. The van der Waals surface area contributed by atoms with Gasteiger partial charge in [-0.05, 0) is 45.0 Å². The molecule has 2 rings (SSSR count). The van der Waals surface area contributed by atoms with E-state index in [1.54, 1.807) is 51.0 Å². The van der Waals surface area contributed by atoms with E-state index in [0.29, 0.717) is 0 Å². The zero-order valence-electron chi connectivity index (χ0n) is 15.0. The van der Waals surface area contributed by atoms with E-state index in [0.717, 1.165) is 11.6 Å². The molecule has 2 aromatic rings. The number of aryl methyl sites for hydroxylation is 1. The molecule has 7 nitrogen and oxygen atoms in total. The van der Waals surface area contributed by atoms with E-state index < -0.39 is 23.4 Å². The average Bonchev–Trinajstić information content (AvgIpc) is 2.92. The number of rotatable bonds is 4. The Balaban J connectivity index is 2.10. The van der Waals surface area contributed by atoms with Crippen LogP contribution in [0.15, 0.2) is 36.7 Å². The van der Waals surface area contributed by atoms with Crippen LogP contribution in [0.1, 0.15) is 26.3 Å². The lowest BCUT2D eigenvalue weighted by Crippen LogP contribution is -2.27. The molecular weight excluding hydrogens is 339 g/mol. The molecule has 0 aliphatic carbocycles. The van der Waals surface area contributed by atoms with E-state index in [1.807, 2.05) is 0 Å². The van der Waals surface area contributed by atoms with Crippen molar-refractivity contribution in [2.75, 3.05) is 10.6 Å². The second kappa shape index (κ2) is 7.81. The van der Waals surface area contributed by atoms with Crippen LogP contribution in [0.25, 0.3) is 6.08 Å². The highest BCUT2D eigenvalue weighted by atomic mass is 19.1. The largest absolute Gasteiger partial charge is 0.444 e. The van der Waals surface area contributed by atoms with Gasteiger partial charge in [0.25, 0.3) is 0 Å². The number of ether oxygens (including phenoxy) is 1. The van der Waals surface area contributed by atoms with Gasteiger partial charge in [-0.2, -0.15) is 5.10 Å². The number of nitrogens with zero attached hydrogens (tertiary/aromatic N) is 2. The minimum Gasteiger partial charge on any atom is -0.444 e. The molecule has 1 aromatic heterocycles. The van der Waals surface area contributed by atoms with Crippen molar-refractivity contribution in [3.63, 3.8) is 0 Å². The lowest BCUT2D eigenvalue weighted by Gasteiger charge is -2.20. The standard InChI is InChI=1S/C18H21FN4O3/c1-18(2,3)26-17(25)22-14-7-6-13(19)9-15(14)21-16(24)8-5-12-10-20-23(4)11-12/h5-11H,1-4H3,(H,21,24)(H,22,25)/b8-5+. The summed E-state index contributed by atoms with van der Waals surface area (Å²) >= 11 is 0.